The highest BCUT2D eigenvalue weighted by Gasteiger charge is 2.29. The van der Waals surface area contributed by atoms with E-state index in [1.54, 1.807) is 24.3 Å². The fraction of sp³-hybridized carbons (Fsp3) is 0.650. The SMILES string of the molecule is C[C@@H]1[C@@H](C)CCC[C@H]1NC(=O)CN1CCN(c2ccc([N+](=O)[O-])cc2)CC1. The molecule has 1 saturated carbocycles. The van der Waals surface area contributed by atoms with Crippen molar-refractivity contribution >= 4 is 17.3 Å². The van der Waals surface area contributed by atoms with E-state index in [9.17, 15) is 14.9 Å². The monoisotopic (exact) mass is 374 g/mol. The molecular weight excluding hydrogens is 344 g/mol. The van der Waals surface area contributed by atoms with Crippen LogP contribution in [0.15, 0.2) is 24.3 Å². The molecule has 1 N–H and O–H groups in total. The van der Waals surface area contributed by atoms with Gasteiger partial charge < -0.3 is 10.2 Å². The lowest BCUT2D eigenvalue weighted by Crippen LogP contribution is -2.52. The number of hydrogen-bond acceptors (Lipinski definition) is 5. The van der Waals surface area contributed by atoms with Crippen molar-refractivity contribution in [2.24, 2.45) is 11.8 Å². The van der Waals surface area contributed by atoms with Crippen LogP contribution < -0.4 is 10.2 Å². The first kappa shape index (κ1) is 19.6. The predicted molar refractivity (Wildman–Crippen MR) is 106 cm³/mol. The first-order chi connectivity index (χ1) is 12.9. The molecule has 7 heteroatoms. The molecule has 0 bridgehead atoms. The van der Waals surface area contributed by atoms with Crippen LogP contribution in [0, 0.1) is 22.0 Å². The molecule has 1 aromatic rings. The third-order valence-electron chi connectivity index (χ3n) is 6.22. The maximum absolute atomic E-state index is 12.5. The third-order valence-corrected chi connectivity index (χ3v) is 6.22. The van der Waals surface area contributed by atoms with Crippen molar-refractivity contribution in [2.45, 2.75) is 39.2 Å². The van der Waals surface area contributed by atoms with Gasteiger partial charge in [0.2, 0.25) is 5.91 Å². The summed E-state index contributed by atoms with van der Waals surface area (Å²) in [5, 5.41) is 14.0. The molecule has 1 saturated heterocycles. The van der Waals surface area contributed by atoms with Crippen molar-refractivity contribution in [1.82, 2.24) is 10.2 Å². The molecule has 1 aromatic carbocycles. The van der Waals surface area contributed by atoms with Crippen molar-refractivity contribution < 1.29 is 9.72 Å². The quantitative estimate of drug-likeness (QED) is 0.633. The number of nitrogens with one attached hydrogen (secondary N) is 1. The Hall–Kier alpha value is -2.15. The lowest BCUT2D eigenvalue weighted by Gasteiger charge is -2.37. The van der Waals surface area contributed by atoms with Crippen molar-refractivity contribution in [3.63, 3.8) is 0 Å². The highest BCUT2D eigenvalue weighted by Crippen LogP contribution is 2.29. The Morgan fingerprint density at radius 3 is 2.44 bits per heavy atom. The Bertz CT molecular complexity index is 656. The summed E-state index contributed by atoms with van der Waals surface area (Å²) >= 11 is 0. The summed E-state index contributed by atoms with van der Waals surface area (Å²) in [5.74, 6) is 1.35. The average molecular weight is 374 g/mol. The predicted octanol–water partition coefficient (Wildman–Crippen LogP) is 2.66. The Morgan fingerprint density at radius 1 is 1.15 bits per heavy atom. The third kappa shape index (κ3) is 4.97. The van der Waals surface area contributed by atoms with Gasteiger partial charge in [0, 0.05) is 50.0 Å². The van der Waals surface area contributed by atoms with Gasteiger partial charge in [0.15, 0.2) is 0 Å². The van der Waals surface area contributed by atoms with E-state index in [-0.39, 0.29) is 16.5 Å². The Labute approximate surface area is 160 Å². The first-order valence-corrected chi connectivity index (χ1v) is 9.95. The first-order valence-electron chi connectivity index (χ1n) is 9.95. The van der Waals surface area contributed by atoms with Gasteiger partial charge in [0.25, 0.3) is 5.69 Å². The fourth-order valence-electron chi connectivity index (χ4n) is 4.19. The van der Waals surface area contributed by atoms with Gasteiger partial charge in [-0.1, -0.05) is 26.7 Å². The van der Waals surface area contributed by atoms with Crippen LogP contribution >= 0.6 is 0 Å². The summed E-state index contributed by atoms with van der Waals surface area (Å²) in [7, 11) is 0. The molecule has 3 atom stereocenters. The van der Waals surface area contributed by atoms with Crippen LogP contribution in [0.4, 0.5) is 11.4 Å². The number of nitro benzene ring substituents is 1. The maximum Gasteiger partial charge on any atom is 0.269 e. The Balaban J connectivity index is 1.45. The minimum Gasteiger partial charge on any atom is -0.369 e. The number of carbonyl (C=O) groups excluding carboxylic acids is 1. The minimum absolute atomic E-state index is 0.111. The number of anilines is 1. The highest BCUT2D eigenvalue weighted by molar-refractivity contribution is 5.78. The number of amides is 1. The zero-order valence-electron chi connectivity index (χ0n) is 16.3. The fourth-order valence-corrected chi connectivity index (χ4v) is 4.19. The van der Waals surface area contributed by atoms with Crippen molar-refractivity contribution in [2.75, 3.05) is 37.6 Å². The number of piperazine rings is 1. The molecule has 0 radical (unpaired) electrons. The van der Waals surface area contributed by atoms with Gasteiger partial charge in [-0.25, -0.2) is 0 Å². The molecule has 0 spiro atoms. The van der Waals surface area contributed by atoms with E-state index in [1.807, 2.05) is 0 Å². The van der Waals surface area contributed by atoms with E-state index >= 15 is 0 Å². The van der Waals surface area contributed by atoms with Gasteiger partial charge in [0.1, 0.15) is 0 Å². The lowest BCUT2D eigenvalue weighted by molar-refractivity contribution is -0.384. The zero-order valence-corrected chi connectivity index (χ0v) is 16.3. The van der Waals surface area contributed by atoms with E-state index in [4.69, 9.17) is 0 Å². The maximum atomic E-state index is 12.5. The standard InChI is InChI=1S/C20H30N4O3/c1-15-4-3-5-19(16(15)2)21-20(25)14-22-10-12-23(13-11-22)17-6-8-18(9-7-17)24(26)27/h6-9,15-16,19H,3-5,10-14H2,1-2H3,(H,21,25)/t15-,16+,19+/m0/s1. The van der Waals surface area contributed by atoms with Crippen LogP contribution in [0.2, 0.25) is 0 Å². The molecule has 27 heavy (non-hydrogen) atoms. The van der Waals surface area contributed by atoms with Crippen LogP contribution in [0.1, 0.15) is 33.1 Å². The molecule has 1 amide bonds. The molecule has 1 aliphatic heterocycles. The molecule has 3 rings (SSSR count). The lowest BCUT2D eigenvalue weighted by atomic mass is 9.78. The van der Waals surface area contributed by atoms with E-state index in [0.717, 1.165) is 38.3 Å². The molecule has 1 aliphatic carbocycles. The van der Waals surface area contributed by atoms with E-state index in [1.165, 1.54) is 12.8 Å². The van der Waals surface area contributed by atoms with Gasteiger partial charge in [-0.15, -0.1) is 0 Å². The molecule has 2 aliphatic rings. The normalized spacial score (nSPS) is 26.6. The van der Waals surface area contributed by atoms with Crippen molar-refractivity contribution in [3.05, 3.63) is 34.4 Å². The average Bonchev–Trinajstić information content (AvgIpc) is 2.66. The van der Waals surface area contributed by atoms with Gasteiger partial charge >= 0.3 is 0 Å². The van der Waals surface area contributed by atoms with Gasteiger partial charge in [-0.05, 0) is 30.4 Å². The van der Waals surface area contributed by atoms with Gasteiger partial charge in [0.05, 0.1) is 11.5 Å². The number of nitro groups is 1. The van der Waals surface area contributed by atoms with E-state index in [0.29, 0.717) is 24.4 Å². The molecule has 1 heterocycles. The largest absolute Gasteiger partial charge is 0.369 e. The summed E-state index contributed by atoms with van der Waals surface area (Å²) in [6, 6.07) is 6.99. The van der Waals surface area contributed by atoms with Crippen molar-refractivity contribution in [3.8, 4) is 0 Å². The molecule has 0 unspecified atom stereocenters. The Morgan fingerprint density at radius 2 is 1.81 bits per heavy atom. The van der Waals surface area contributed by atoms with Crippen LogP contribution in [-0.2, 0) is 4.79 Å². The molecule has 2 fully saturated rings. The zero-order chi connectivity index (χ0) is 19.4. The molecular formula is C20H30N4O3. The molecule has 0 aromatic heterocycles. The second-order valence-corrected chi connectivity index (χ2v) is 7.98. The topological polar surface area (TPSA) is 78.7 Å². The number of non-ortho nitro benzene ring substituents is 1. The van der Waals surface area contributed by atoms with Crippen LogP contribution in [0.25, 0.3) is 0 Å². The Kier molecular flexibility index (Phi) is 6.31. The molecule has 7 nitrogen and oxygen atoms in total. The van der Waals surface area contributed by atoms with Crippen LogP contribution in [0.5, 0.6) is 0 Å². The number of benzene rings is 1. The van der Waals surface area contributed by atoms with Gasteiger partial charge in [-0.3, -0.25) is 19.8 Å². The second kappa shape index (κ2) is 8.69. The van der Waals surface area contributed by atoms with Crippen LogP contribution in [0.3, 0.4) is 0 Å². The number of nitrogens with zero attached hydrogens (tertiary/aromatic N) is 3. The van der Waals surface area contributed by atoms with E-state index in [2.05, 4.69) is 29.0 Å². The summed E-state index contributed by atoms with van der Waals surface area (Å²) in [4.78, 5) is 27.2. The minimum atomic E-state index is -0.381. The number of rotatable bonds is 5. The smallest absolute Gasteiger partial charge is 0.269 e. The van der Waals surface area contributed by atoms with Gasteiger partial charge in [-0.2, -0.15) is 0 Å². The van der Waals surface area contributed by atoms with Crippen LogP contribution in [-0.4, -0.2) is 54.5 Å². The van der Waals surface area contributed by atoms with Crippen molar-refractivity contribution in [1.29, 1.82) is 0 Å². The second-order valence-electron chi connectivity index (χ2n) is 7.98. The van der Waals surface area contributed by atoms with E-state index < -0.39 is 0 Å². The summed E-state index contributed by atoms with van der Waals surface area (Å²) < 4.78 is 0. The number of hydrogen-bond donors (Lipinski definition) is 1. The summed E-state index contributed by atoms with van der Waals surface area (Å²) in [5.41, 5.74) is 1.11. The molecule has 148 valence electrons. The summed E-state index contributed by atoms with van der Waals surface area (Å²) in [6.45, 7) is 8.26. The number of carbonyl (C=O) groups is 1. The highest BCUT2D eigenvalue weighted by atomic mass is 16.6. The summed E-state index contributed by atoms with van der Waals surface area (Å²) in [6.07, 6.45) is 3.55.